The molecular weight excluding hydrogens is 364 g/mol. The van der Waals surface area contributed by atoms with Crippen LogP contribution in [0.3, 0.4) is 0 Å². The van der Waals surface area contributed by atoms with Crippen LogP contribution in [0.1, 0.15) is 26.3 Å². The van der Waals surface area contributed by atoms with Crippen molar-refractivity contribution in [3.8, 4) is 11.5 Å². The number of phenolic OH excluding ortho intramolecular Hbond substituents is 1. The topological polar surface area (TPSA) is 92.9 Å². The van der Waals surface area contributed by atoms with Crippen LogP contribution < -0.4 is 4.74 Å². The molecule has 0 spiro atoms. The second-order valence-corrected chi connectivity index (χ2v) is 7.43. The number of benzene rings is 1. The standard InChI is InChI=1S/C16H18N2O5S2/c1-4-23-12-7-11(18(21)22)5-10(14(12)19)6-13-15(20)17(8-9(2)3)16(24)25-13/h5-7,9,19H,4,8H2,1-3H3/b13-6-. The largest absolute Gasteiger partial charge is 0.504 e. The molecule has 0 atom stereocenters. The lowest BCUT2D eigenvalue weighted by Gasteiger charge is -2.16. The van der Waals surface area contributed by atoms with Gasteiger partial charge in [0.2, 0.25) is 0 Å². The van der Waals surface area contributed by atoms with Crippen LogP contribution in [0.25, 0.3) is 6.08 Å². The van der Waals surface area contributed by atoms with E-state index in [1.54, 1.807) is 6.92 Å². The summed E-state index contributed by atoms with van der Waals surface area (Å²) in [7, 11) is 0. The number of carbonyl (C=O) groups is 1. The van der Waals surface area contributed by atoms with Crippen LogP contribution in [0.5, 0.6) is 11.5 Å². The number of carbonyl (C=O) groups excluding carboxylic acids is 1. The Morgan fingerprint density at radius 2 is 2.16 bits per heavy atom. The van der Waals surface area contributed by atoms with Crippen molar-refractivity contribution in [1.29, 1.82) is 0 Å². The van der Waals surface area contributed by atoms with E-state index in [2.05, 4.69) is 0 Å². The van der Waals surface area contributed by atoms with Gasteiger partial charge in [-0.05, 0) is 18.9 Å². The smallest absolute Gasteiger partial charge is 0.274 e. The van der Waals surface area contributed by atoms with Crippen LogP contribution in [0.4, 0.5) is 5.69 Å². The van der Waals surface area contributed by atoms with Gasteiger partial charge in [-0.15, -0.1) is 0 Å². The molecule has 1 aromatic carbocycles. The van der Waals surface area contributed by atoms with E-state index in [1.807, 2.05) is 13.8 Å². The highest BCUT2D eigenvalue weighted by atomic mass is 32.2. The predicted molar refractivity (Wildman–Crippen MR) is 101 cm³/mol. The van der Waals surface area contributed by atoms with Crippen molar-refractivity contribution in [1.82, 2.24) is 4.90 Å². The maximum atomic E-state index is 12.5. The summed E-state index contributed by atoms with van der Waals surface area (Å²) in [4.78, 5) is 24.8. The van der Waals surface area contributed by atoms with Gasteiger partial charge in [0.15, 0.2) is 11.5 Å². The summed E-state index contributed by atoms with van der Waals surface area (Å²) >= 11 is 6.34. The summed E-state index contributed by atoms with van der Waals surface area (Å²) in [5.74, 6) is -0.271. The minimum atomic E-state index is -0.580. The second-order valence-electron chi connectivity index (χ2n) is 5.76. The lowest BCUT2D eigenvalue weighted by atomic mass is 10.1. The summed E-state index contributed by atoms with van der Waals surface area (Å²) < 4.78 is 5.67. The third-order valence-corrected chi connectivity index (χ3v) is 4.69. The molecule has 0 aliphatic carbocycles. The van der Waals surface area contributed by atoms with Gasteiger partial charge in [-0.3, -0.25) is 19.8 Å². The molecule has 25 heavy (non-hydrogen) atoms. The number of thiocarbonyl (C=S) groups is 1. The number of nitro benzene ring substituents is 1. The molecule has 1 amide bonds. The molecule has 0 bridgehead atoms. The average Bonchev–Trinajstić information content (AvgIpc) is 2.78. The minimum absolute atomic E-state index is 0.000564. The second kappa shape index (κ2) is 7.83. The molecule has 1 N–H and O–H groups in total. The van der Waals surface area contributed by atoms with Crippen molar-refractivity contribution < 1.29 is 19.6 Å². The van der Waals surface area contributed by atoms with Crippen molar-refractivity contribution in [2.24, 2.45) is 5.92 Å². The number of rotatable bonds is 6. The van der Waals surface area contributed by atoms with E-state index in [9.17, 15) is 20.0 Å². The summed E-state index contributed by atoms with van der Waals surface area (Å²) in [6, 6.07) is 2.35. The maximum absolute atomic E-state index is 12.5. The molecule has 1 heterocycles. The highest BCUT2D eigenvalue weighted by Crippen LogP contribution is 2.39. The van der Waals surface area contributed by atoms with E-state index in [1.165, 1.54) is 17.0 Å². The molecule has 1 aliphatic rings. The third-order valence-electron chi connectivity index (χ3n) is 3.31. The van der Waals surface area contributed by atoms with Gasteiger partial charge in [0.25, 0.3) is 11.6 Å². The summed E-state index contributed by atoms with van der Waals surface area (Å²) in [6.45, 7) is 6.39. The fraction of sp³-hybridized carbons (Fsp3) is 0.375. The Morgan fingerprint density at radius 1 is 1.48 bits per heavy atom. The number of hydrogen-bond donors (Lipinski definition) is 1. The normalized spacial score (nSPS) is 16.2. The number of non-ortho nitro benzene ring substituents is 1. The lowest BCUT2D eigenvalue weighted by Crippen LogP contribution is -2.31. The highest BCUT2D eigenvalue weighted by Gasteiger charge is 2.32. The number of amides is 1. The van der Waals surface area contributed by atoms with E-state index < -0.39 is 4.92 Å². The van der Waals surface area contributed by atoms with E-state index in [4.69, 9.17) is 17.0 Å². The van der Waals surface area contributed by atoms with Gasteiger partial charge in [0.1, 0.15) is 4.32 Å². The molecule has 0 aromatic heterocycles. The Balaban J connectivity index is 2.45. The fourth-order valence-corrected chi connectivity index (χ4v) is 3.52. The molecule has 7 nitrogen and oxygen atoms in total. The Morgan fingerprint density at radius 3 is 2.72 bits per heavy atom. The van der Waals surface area contributed by atoms with Crippen molar-refractivity contribution in [2.45, 2.75) is 20.8 Å². The quantitative estimate of drug-likeness (QED) is 0.348. The number of hydrogen-bond acceptors (Lipinski definition) is 7. The zero-order chi connectivity index (χ0) is 18.7. The van der Waals surface area contributed by atoms with Crippen LogP contribution in [0.15, 0.2) is 17.0 Å². The van der Waals surface area contributed by atoms with Crippen LogP contribution in [-0.2, 0) is 4.79 Å². The molecular formula is C16H18N2O5S2. The van der Waals surface area contributed by atoms with Gasteiger partial charge >= 0.3 is 0 Å². The van der Waals surface area contributed by atoms with Gasteiger partial charge in [-0.25, -0.2) is 0 Å². The van der Waals surface area contributed by atoms with E-state index in [0.717, 1.165) is 17.8 Å². The Labute approximate surface area is 154 Å². The monoisotopic (exact) mass is 382 g/mol. The number of nitrogens with zero attached hydrogens (tertiary/aromatic N) is 2. The first-order chi connectivity index (χ1) is 11.7. The molecule has 0 unspecified atom stereocenters. The summed E-state index contributed by atoms with van der Waals surface area (Å²) in [5, 5.41) is 21.4. The lowest BCUT2D eigenvalue weighted by molar-refractivity contribution is -0.385. The zero-order valence-corrected chi connectivity index (χ0v) is 15.6. The molecule has 1 aromatic rings. The average molecular weight is 382 g/mol. The number of thioether (sulfide) groups is 1. The Hall–Kier alpha value is -2.13. The molecule has 0 saturated carbocycles. The first-order valence-electron chi connectivity index (χ1n) is 7.64. The maximum Gasteiger partial charge on any atom is 0.274 e. The van der Waals surface area contributed by atoms with Crippen LogP contribution >= 0.6 is 24.0 Å². The molecule has 1 aliphatic heterocycles. The van der Waals surface area contributed by atoms with E-state index >= 15 is 0 Å². The van der Waals surface area contributed by atoms with Crippen molar-refractivity contribution >= 4 is 46.0 Å². The van der Waals surface area contributed by atoms with Crippen LogP contribution in [0.2, 0.25) is 0 Å². The van der Waals surface area contributed by atoms with E-state index in [-0.39, 0.29) is 41.2 Å². The molecule has 1 saturated heterocycles. The molecule has 1 fully saturated rings. The highest BCUT2D eigenvalue weighted by molar-refractivity contribution is 8.26. The summed E-state index contributed by atoms with van der Waals surface area (Å²) in [5.41, 5.74) is -0.0899. The molecule has 134 valence electrons. The number of nitro groups is 1. The van der Waals surface area contributed by atoms with Gasteiger partial charge in [-0.2, -0.15) is 0 Å². The number of ether oxygens (including phenoxy) is 1. The molecule has 2 rings (SSSR count). The van der Waals surface area contributed by atoms with Crippen molar-refractivity contribution in [3.63, 3.8) is 0 Å². The fourth-order valence-electron chi connectivity index (χ4n) is 2.26. The Bertz CT molecular complexity index is 761. The van der Waals surface area contributed by atoms with Gasteiger partial charge in [0.05, 0.1) is 22.5 Å². The van der Waals surface area contributed by atoms with Crippen LogP contribution in [-0.4, -0.2) is 38.3 Å². The van der Waals surface area contributed by atoms with Crippen LogP contribution in [0, 0.1) is 16.0 Å². The van der Waals surface area contributed by atoms with Gasteiger partial charge < -0.3 is 9.84 Å². The zero-order valence-electron chi connectivity index (χ0n) is 14.0. The first-order valence-corrected chi connectivity index (χ1v) is 8.86. The number of aromatic hydroxyl groups is 1. The van der Waals surface area contributed by atoms with Crippen molar-refractivity contribution in [3.05, 3.63) is 32.7 Å². The first kappa shape index (κ1) is 19.2. The number of phenols is 1. The van der Waals surface area contributed by atoms with E-state index in [0.29, 0.717) is 15.8 Å². The van der Waals surface area contributed by atoms with Gasteiger partial charge in [-0.1, -0.05) is 37.8 Å². The molecule has 0 radical (unpaired) electrons. The minimum Gasteiger partial charge on any atom is -0.504 e. The third kappa shape index (κ3) is 4.29. The van der Waals surface area contributed by atoms with Gasteiger partial charge in [0, 0.05) is 18.2 Å². The predicted octanol–water partition coefficient (Wildman–Crippen LogP) is 3.56. The molecule has 9 heteroatoms. The summed E-state index contributed by atoms with van der Waals surface area (Å²) in [6.07, 6.45) is 1.41. The Kier molecular flexibility index (Phi) is 6.02. The van der Waals surface area contributed by atoms with Crippen molar-refractivity contribution in [2.75, 3.05) is 13.2 Å². The SMILES string of the molecule is CCOc1cc([N+](=O)[O-])cc(/C=C2\SC(=S)N(CC(C)C)C2=O)c1O.